The number of pyridine rings is 1. The maximum Gasteiger partial charge on any atom is 0.0934 e. The van der Waals surface area contributed by atoms with Crippen LogP contribution in [0.25, 0.3) is 11.3 Å². The zero-order valence-corrected chi connectivity index (χ0v) is 15.7. The van der Waals surface area contributed by atoms with Crippen LogP contribution in [-0.2, 0) is 0 Å². The molecule has 0 aliphatic carbocycles. The molecular weight excluding hydrogens is 320 g/mol. The number of piperidine rings is 2. The van der Waals surface area contributed by atoms with Crippen LogP contribution in [0, 0.1) is 0 Å². The van der Waals surface area contributed by atoms with E-state index in [4.69, 9.17) is 5.73 Å². The maximum absolute atomic E-state index is 6.57. The van der Waals surface area contributed by atoms with Gasteiger partial charge in [0.25, 0.3) is 0 Å². The van der Waals surface area contributed by atoms with Gasteiger partial charge in [-0.25, -0.2) is 0 Å². The summed E-state index contributed by atoms with van der Waals surface area (Å²) in [4.78, 5) is 7.28. The van der Waals surface area contributed by atoms with Crippen molar-refractivity contribution in [2.24, 2.45) is 0 Å². The lowest BCUT2D eigenvalue weighted by molar-refractivity contribution is 0.0487. The molecule has 3 N–H and O–H groups in total. The fraction of sp³-hybridized carbons (Fsp3) is 0.500. The molecule has 2 saturated heterocycles. The Morgan fingerprint density at radius 1 is 1.08 bits per heavy atom. The number of rotatable bonds is 3. The van der Waals surface area contributed by atoms with E-state index in [1.54, 1.807) is 0 Å². The van der Waals surface area contributed by atoms with Gasteiger partial charge < -0.3 is 11.1 Å². The van der Waals surface area contributed by atoms with Gasteiger partial charge in [-0.3, -0.25) is 9.88 Å². The Morgan fingerprint density at radius 2 is 1.77 bits per heavy atom. The number of nitrogens with zero attached hydrogens (tertiary/aromatic N) is 2. The average molecular weight is 351 g/mol. The molecule has 0 spiro atoms. The van der Waals surface area contributed by atoms with Crippen LogP contribution in [0.4, 0.5) is 5.69 Å². The van der Waals surface area contributed by atoms with Gasteiger partial charge in [-0.15, -0.1) is 0 Å². The minimum absolute atomic E-state index is 0.370. The second-order valence-electron chi connectivity index (χ2n) is 8.04. The molecule has 4 heteroatoms. The van der Waals surface area contributed by atoms with Crippen molar-refractivity contribution >= 4 is 5.69 Å². The number of nitrogen functional groups attached to an aromatic ring is 1. The first kappa shape index (κ1) is 17.5. The van der Waals surface area contributed by atoms with Gasteiger partial charge in [0, 0.05) is 17.3 Å². The summed E-state index contributed by atoms with van der Waals surface area (Å²) >= 11 is 0. The Balaban J connectivity index is 1.50. The third kappa shape index (κ3) is 3.36. The van der Waals surface area contributed by atoms with Gasteiger partial charge >= 0.3 is 0 Å². The normalized spacial score (nSPS) is 21.6. The first-order valence-corrected chi connectivity index (χ1v) is 9.93. The van der Waals surface area contributed by atoms with E-state index in [1.165, 1.54) is 44.3 Å². The van der Waals surface area contributed by atoms with E-state index >= 15 is 0 Å². The standard InChI is InChI=1S/C22H30N4/c1-22(10-13-24-14-11-22)26-15-8-17(9-16-26)19-7-12-25-21(20(19)23)18-5-3-2-4-6-18/h2-7,12,17,24H,8-11,13-16,23H2,1H3. The lowest BCUT2D eigenvalue weighted by Crippen LogP contribution is -2.54. The predicted octanol–water partition coefficient (Wildman–Crippen LogP) is 3.65. The third-order valence-corrected chi connectivity index (χ3v) is 6.45. The van der Waals surface area contributed by atoms with E-state index in [0.717, 1.165) is 30.0 Å². The molecule has 0 amide bonds. The molecule has 0 atom stereocenters. The molecule has 0 unspecified atom stereocenters. The summed E-state index contributed by atoms with van der Waals surface area (Å²) < 4.78 is 0. The van der Waals surface area contributed by atoms with E-state index in [2.05, 4.69) is 40.3 Å². The first-order valence-electron chi connectivity index (χ1n) is 9.93. The van der Waals surface area contributed by atoms with Crippen LogP contribution in [0.3, 0.4) is 0 Å². The smallest absolute Gasteiger partial charge is 0.0934 e. The fourth-order valence-electron chi connectivity index (χ4n) is 4.68. The number of nitrogens with one attached hydrogen (secondary N) is 1. The minimum atomic E-state index is 0.370. The number of nitrogens with two attached hydrogens (primary N) is 1. The van der Waals surface area contributed by atoms with Crippen molar-refractivity contribution in [3.63, 3.8) is 0 Å². The van der Waals surface area contributed by atoms with Crippen LogP contribution in [0.15, 0.2) is 42.6 Å². The van der Waals surface area contributed by atoms with Gasteiger partial charge in [0.1, 0.15) is 0 Å². The summed E-state index contributed by atoms with van der Waals surface area (Å²) in [5.41, 5.74) is 11.1. The summed E-state index contributed by atoms with van der Waals surface area (Å²) in [5.74, 6) is 0.544. The molecule has 4 nitrogen and oxygen atoms in total. The molecule has 2 aliphatic heterocycles. The number of benzene rings is 1. The summed E-state index contributed by atoms with van der Waals surface area (Å²) in [6.45, 7) is 7.08. The van der Waals surface area contributed by atoms with Gasteiger partial charge in [0.15, 0.2) is 0 Å². The maximum atomic E-state index is 6.57. The van der Waals surface area contributed by atoms with Gasteiger partial charge in [0.05, 0.1) is 11.4 Å². The van der Waals surface area contributed by atoms with Crippen LogP contribution in [0.5, 0.6) is 0 Å². The van der Waals surface area contributed by atoms with E-state index in [-0.39, 0.29) is 0 Å². The summed E-state index contributed by atoms with van der Waals surface area (Å²) in [7, 11) is 0. The molecule has 0 radical (unpaired) electrons. The highest BCUT2D eigenvalue weighted by atomic mass is 15.2. The fourth-order valence-corrected chi connectivity index (χ4v) is 4.68. The number of hydrogen-bond donors (Lipinski definition) is 2. The molecule has 138 valence electrons. The Labute approximate surface area is 156 Å². The second kappa shape index (κ2) is 7.37. The Bertz CT molecular complexity index is 729. The molecule has 1 aromatic carbocycles. The van der Waals surface area contributed by atoms with Gasteiger partial charge in [0.2, 0.25) is 0 Å². The second-order valence-corrected chi connectivity index (χ2v) is 8.04. The zero-order valence-electron chi connectivity index (χ0n) is 15.7. The third-order valence-electron chi connectivity index (χ3n) is 6.45. The highest BCUT2D eigenvalue weighted by Crippen LogP contribution is 2.38. The lowest BCUT2D eigenvalue weighted by Gasteiger charge is -2.47. The quantitative estimate of drug-likeness (QED) is 0.887. The first-order chi connectivity index (χ1) is 12.7. The minimum Gasteiger partial charge on any atom is -0.397 e. The highest BCUT2D eigenvalue weighted by molar-refractivity contribution is 5.75. The molecule has 26 heavy (non-hydrogen) atoms. The number of aromatic nitrogens is 1. The molecular formula is C22H30N4. The Hall–Kier alpha value is -1.91. The number of likely N-dealkylation sites (tertiary alicyclic amines) is 1. The molecule has 3 heterocycles. The van der Waals surface area contributed by atoms with Crippen LogP contribution in [0.1, 0.15) is 44.1 Å². The summed E-state index contributed by atoms with van der Waals surface area (Å²) in [6.07, 6.45) is 6.81. The van der Waals surface area contributed by atoms with Crippen molar-refractivity contribution in [3.05, 3.63) is 48.2 Å². The van der Waals surface area contributed by atoms with Crippen molar-refractivity contribution in [1.29, 1.82) is 0 Å². The van der Waals surface area contributed by atoms with Gasteiger partial charge in [-0.2, -0.15) is 0 Å². The zero-order chi connectivity index (χ0) is 18.0. The molecule has 0 bridgehead atoms. The molecule has 2 aromatic rings. The highest BCUT2D eigenvalue weighted by Gasteiger charge is 2.36. The topological polar surface area (TPSA) is 54.2 Å². The van der Waals surface area contributed by atoms with Crippen molar-refractivity contribution in [2.75, 3.05) is 31.9 Å². The van der Waals surface area contributed by atoms with Gasteiger partial charge in [-0.1, -0.05) is 30.3 Å². The molecule has 1 aromatic heterocycles. The van der Waals surface area contributed by atoms with E-state index in [1.807, 2.05) is 24.4 Å². The Morgan fingerprint density at radius 3 is 2.46 bits per heavy atom. The van der Waals surface area contributed by atoms with Gasteiger partial charge in [-0.05, 0) is 76.3 Å². The van der Waals surface area contributed by atoms with E-state index in [9.17, 15) is 0 Å². The van der Waals surface area contributed by atoms with Crippen molar-refractivity contribution in [2.45, 2.75) is 44.1 Å². The van der Waals surface area contributed by atoms with Crippen molar-refractivity contribution in [1.82, 2.24) is 15.2 Å². The van der Waals surface area contributed by atoms with Crippen LogP contribution in [-0.4, -0.2) is 41.6 Å². The van der Waals surface area contributed by atoms with E-state index < -0.39 is 0 Å². The average Bonchev–Trinajstić information content (AvgIpc) is 2.70. The van der Waals surface area contributed by atoms with Crippen molar-refractivity contribution in [3.8, 4) is 11.3 Å². The molecule has 2 aliphatic rings. The largest absolute Gasteiger partial charge is 0.397 e. The summed E-state index contributed by atoms with van der Waals surface area (Å²) in [6, 6.07) is 12.4. The Kier molecular flexibility index (Phi) is 4.96. The number of anilines is 1. The van der Waals surface area contributed by atoms with Crippen LogP contribution in [0.2, 0.25) is 0 Å². The van der Waals surface area contributed by atoms with Crippen LogP contribution < -0.4 is 11.1 Å². The SMILES string of the molecule is CC1(N2CCC(c3ccnc(-c4ccccc4)c3N)CC2)CCNCC1. The van der Waals surface area contributed by atoms with E-state index in [0.29, 0.717) is 11.5 Å². The molecule has 2 fully saturated rings. The lowest BCUT2D eigenvalue weighted by atomic mass is 9.82. The predicted molar refractivity (Wildman–Crippen MR) is 108 cm³/mol. The summed E-state index contributed by atoms with van der Waals surface area (Å²) in [5, 5.41) is 3.49. The monoisotopic (exact) mass is 350 g/mol. The van der Waals surface area contributed by atoms with Crippen molar-refractivity contribution < 1.29 is 0 Å². The molecule has 4 rings (SSSR count). The number of hydrogen-bond acceptors (Lipinski definition) is 4. The van der Waals surface area contributed by atoms with Crippen LogP contribution >= 0.6 is 0 Å². The molecule has 0 saturated carbocycles.